The zero-order valence-corrected chi connectivity index (χ0v) is 14.6. The number of nitrogens with zero attached hydrogens (tertiary/aromatic N) is 2. The van der Waals surface area contributed by atoms with Crippen LogP contribution in [0.3, 0.4) is 0 Å². The minimum atomic E-state index is -0.321. The molecule has 1 heterocycles. The number of carbonyl (C=O) groups is 2. The predicted molar refractivity (Wildman–Crippen MR) is 97.9 cm³/mol. The second-order valence-corrected chi connectivity index (χ2v) is 6.28. The Kier molecular flexibility index (Phi) is 4.72. The number of fused-ring (bicyclic) bond motifs is 1. The van der Waals surface area contributed by atoms with Crippen LogP contribution in [-0.4, -0.2) is 40.5 Å². The summed E-state index contributed by atoms with van der Waals surface area (Å²) in [5.74, 6) is -0.632. The molecule has 2 N–H and O–H groups in total. The Labute approximate surface area is 149 Å². The van der Waals surface area contributed by atoms with Crippen LogP contribution in [0.25, 0.3) is 10.9 Å². The van der Waals surface area contributed by atoms with Crippen molar-refractivity contribution in [3.05, 3.63) is 58.7 Å². The van der Waals surface area contributed by atoms with Gasteiger partial charge in [0.2, 0.25) is 5.91 Å². The van der Waals surface area contributed by atoms with E-state index in [0.29, 0.717) is 16.4 Å². The summed E-state index contributed by atoms with van der Waals surface area (Å²) in [6.07, 6.45) is 0. The molecule has 128 valence electrons. The van der Waals surface area contributed by atoms with Crippen molar-refractivity contribution in [2.24, 2.45) is 0 Å². The Bertz CT molecular complexity index is 951. The van der Waals surface area contributed by atoms with Gasteiger partial charge in [0.05, 0.1) is 12.1 Å². The first-order valence-corrected chi connectivity index (χ1v) is 8.07. The van der Waals surface area contributed by atoms with E-state index in [-0.39, 0.29) is 18.4 Å². The van der Waals surface area contributed by atoms with E-state index in [1.165, 1.54) is 4.90 Å². The van der Waals surface area contributed by atoms with E-state index in [4.69, 9.17) is 11.6 Å². The number of H-pyrrole nitrogens is 1. The highest BCUT2D eigenvalue weighted by Gasteiger charge is 2.20. The summed E-state index contributed by atoms with van der Waals surface area (Å²) in [6.45, 7) is 1.86. The highest BCUT2D eigenvalue weighted by atomic mass is 35.5. The van der Waals surface area contributed by atoms with E-state index in [9.17, 15) is 9.59 Å². The minimum absolute atomic E-state index is 0.0918. The van der Waals surface area contributed by atoms with E-state index in [1.54, 1.807) is 31.3 Å². The molecule has 0 radical (unpaired) electrons. The van der Waals surface area contributed by atoms with Crippen molar-refractivity contribution in [3.8, 4) is 0 Å². The predicted octanol–water partition coefficient (Wildman–Crippen LogP) is 3.24. The van der Waals surface area contributed by atoms with Crippen molar-refractivity contribution in [1.82, 2.24) is 15.1 Å². The third-order valence-electron chi connectivity index (χ3n) is 3.76. The number of likely N-dealkylation sites (N-methyl/N-ethyl adjacent to an activating group) is 1. The van der Waals surface area contributed by atoms with Gasteiger partial charge < -0.3 is 10.2 Å². The molecule has 6 nitrogen and oxygen atoms in total. The number of aromatic nitrogens is 2. The molecule has 3 rings (SSSR count). The van der Waals surface area contributed by atoms with Crippen LogP contribution in [0, 0.1) is 6.92 Å². The molecule has 0 aliphatic rings. The maximum Gasteiger partial charge on any atom is 0.275 e. The van der Waals surface area contributed by atoms with Gasteiger partial charge >= 0.3 is 0 Å². The van der Waals surface area contributed by atoms with Crippen molar-refractivity contribution in [3.63, 3.8) is 0 Å². The van der Waals surface area contributed by atoms with Crippen LogP contribution in [-0.2, 0) is 4.79 Å². The molecule has 0 atom stereocenters. The smallest absolute Gasteiger partial charge is 0.275 e. The maximum atomic E-state index is 12.6. The topological polar surface area (TPSA) is 78.1 Å². The van der Waals surface area contributed by atoms with E-state index in [2.05, 4.69) is 15.5 Å². The molecule has 2 amide bonds. The molecule has 0 saturated heterocycles. The molecular formula is C18H17ClN4O2. The number of anilines is 1. The van der Waals surface area contributed by atoms with Gasteiger partial charge in [-0.3, -0.25) is 14.7 Å². The molecule has 2 aromatic carbocycles. The average molecular weight is 357 g/mol. The first kappa shape index (κ1) is 17.0. The van der Waals surface area contributed by atoms with E-state index < -0.39 is 0 Å². The summed E-state index contributed by atoms with van der Waals surface area (Å²) in [5, 5.41) is 10.9. The van der Waals surface area contributed by atoms with E-state index in [0.717, 1.165) is 16.5 Å². The Morgan fingerprint density at radius 3 is 2.80 bits per heavy atom. The molecule has 0 saturated carbocycles. The molecule has 3 aromatic rings. The van der Waals surface area contributed by atoms with Crippen molar-refractivity contribution >= 4 is 40.0 Å². The minimum Gasteiger partial charge on any atom is -0.331 e. The summed E-state index contributed by atoms with van der Waals surface area (Å²) in [7, 11) is 1.57. The van der Waals surface area contributed by atoms with Crippen LogP contribution in [0.4, 0.5) is 5.69 Å². The summed E-state index contributed by atoms with van der Waals surface area (Å²) < 4.78 is 0. The molecule has 0 fully saturated rings. The van der Waals surface area contributed by atoms with Crippen LogP contribution in [0.15, 0.2) is 42.5 Å². The normalized spacial score (nSPS) is 10.7. The lowest BCUT2D eigenvalue weighted by atomic mass is 10.1. The zero-order valence-electron chi connectivity index (χ0n) is 13.8. The van der Waals surface area contributed by atoms with Crippen molar-refractivity contribution in [2.45, 2.75) is 6.92 Å². The first-order valence-electron chi connectivity index (χ1n) is 7.69. The van der Waals surface area contributed by atoms with Crippen LogP contribution in [0.5, 0.6) is 0 Å². The SMILES string of the molecule is Cc1ccc2[nH]nc(C(=O)N(C)CC(=O)Nc3cccc(Cl)c3)c2c1. The van der Waals surface area contributed by atoms with Crippen LogP contribution in [0.1, 0.15) is 16.1 Å². The molecule has 0 aliphatic heterocycles. The molecule has 0 unspecified atom stereocenters. The third kappa shape index (κ3) is 3.80. The number of carbonyl (C=O) groups excluding carboxylic acids is 2. The fraction of sp³-hybridized carbons (Fsp3) is 0.167. The number of amides is 2. The van der Waals surface area contributed by atoms with Gasteiger partial charge in [-0.2, -0.15) is 5.10 Å². The summed E-state index contributed by atoms with van der Waals surface area (Å²) in [4.78, 5) is 26.1. The Morgan fingerprint density at radius 2 is 2.04 bits per heavy atom. The van der Waals surface area contributed by atoms with Gasteiger partial charge in [-0.1, -0.05) is 29.3 Å². The fourth-order valence-electron chi connectivity index (χ4n) is 2.53. The van der Waals surface area contributed by atoms with Crippen molar-refractivity contribution in [2.75, 3.05) is 18.9 Å². The van der Waals surface area contributed by atoms with Gasteiger partial charge in [-0.15, -0.1) is 0 Å². The van der Waals surface area contributed by atoms with Gasteiger partial charge in [-0.25, -0.2) is 0 Å². The second kappa shape index (κ2) is 6.94. The van der Waals surface area contributed by atoms with E-state index in [1.807, 2.05) is 25.1 Å². The van der Waals surface area contributed by atoms with Gasteiger partial charge in [-0.05, 0) is 37.3 Å². The summed E-state index contributed by atoms with van der Waals surface area (Å²) in [6, 6.07) is 12.5. The van der Waals surface area contributed by atoms with Crippen LogP contribution in [0.2, 0.25) is 5.02 Å². The Hall–Kier alpha value is -2.86. The average Bonchev–Trinajstić information content (AvgIpc) is 2.96. The number of aryl methyl sites for hydroxylation is 1. The first-order chi connectivity index (χ1) is 11.9. The third-order valence-corrected chi connectivity index (χ3v) is 3.99. The van der Waals surface area contributed by atoms with Crippen molar-refractivity contribution in [1.29, 1.82) is 0 Å². The number of rotatable bonds is 4. The highest BCUT2D eigenvalue weighted by Crippen LogP contribution is 2.19. The summed E-state index contributed by atoms with van der Waals surface area (Å²) in [5.41, 5.74) is 2.70. The number of halogens is 1. The van der Waals surface area contributed by atoms with Gasteiger partial charge in [0, 0.05) is 23.1 Å². The van der Waals surface area contributed by atoms with Crippen molar-refractivity contribution < 1.29 is 9.59 Å². The highest BCUT2D eigenvalue weighted by molar-refractivity contribution is 6.30. The van der Waals surface area contributed by atoms with E-state index >= 15 is 0 Å². The largest absolute Gasteiger partial charge is 0.331 e. The van der Waals surface area contributed by atoms with Gasteiger partial charge in [0.15, 0.2) is 5.69 Å². The zero-order chi connectivity index (χ0) is 18.0. The fourth-order valence-corrected chi connectivity index (χ4v) is 2.72. The Balaban J connectivity index is 1.71. The van der Waals surface area contributed by atoms with Crippen LogP contribution < -0.4 is 5.32 Å². The monoisotopic (exact) mass is 356 g/mol. The maximum absolute atomic E-state index is 12.6. The molecular weight excluding hydrogens is 340 g/mol. The van der Waals surface area contributed by atoms with Gasteiger partial charge in [0.1, 0.15) is 0 Å². The molecule has 0 aliphatic carbocycles. The standard InChI is InChI=1S/C18H17ClN4O2/c1-11-6-7-15-14(8-11)17(22-21-15)18(25)23(2)10-16(24)20-13-5-3-4-12(19)9-13/h3-9H,10H2,1-2H3,(H,20,24)(H,21,22). The van der Waals surface area contributed by atoms with Gasteiger partial charge in [0.25, 0.3) is 5.91 Å². The number of hydrogen-bond acceptors (Lipinski definition) is 3. The molecule has 0 bridgehead atoms. The molecule has 1 aromatic heterocycles. The molecule has 7 heteroatoms. The van der Waals surface area contributed by atoms with Crippen LogP contribution >= 0.6 is 11.6 Å². The summed E-state index contributed by atoms with van der Waals surface area (Å²) >= 11 is 5.89. The quantitative estimate of drug-likeness (QED) is 0.753. The molecule has 25 heavy (non-hydrogen) atoms. The lowest BCUT2D eigenvalue weighted by Crippen LogP contribution is -2.35. The number of aromatic amines is 1. The number of hydrogen-bond donors (Lipinski definition) is 2. The molecule has 0 spiro atoms. The Morgan fingerprint density at radius 1 is 1.24 bits per heavy atom. The second-order valence-electron chi connectivity index (χ2n) is 5.84. The lowest BCUT2D eigenvalue weighted by Gasteiger charge is -2.16. The lowest BCUT2D eigenvalue weighted by molar-refractivity contribution is -0.116. The number of benzene rings is 2. The number of nitrogens with one attached hydrogen (secondary N) is 2.